The van der Waals surface area contributed by atoms with Gasteiger partial charge in [0.2, 0.25) is 0 Å². The molecule has 0 atom stereocenters. The largest absolute Gasteiger partial charge is 0.493 e. The highest BCUT2D eigenvalue weighted by Gasteiger charge is 2.19. The lowest BCUT2D eigenvalue weighted by Gasteiger charge is -2.19. The standard InChI is InChI=1S/C26H26FN3O2/c1-26(2,3)18-9-6-16(7-10-18)24-28-20-12-11-19(27)15-21(20)29-25(30-24)17-8-13-22(31-4)23(14-17)32-5/h6-15H,1-5H3,(H,28,29,30). The molecule has 0 fully saturated rings. The maximum atomic E-state index is 14.0. The van der Waals surface area contributed by atoms with Gasteiger partial charge < -0.3 is 14.8 Å². The van der Waals surface area contributed by atoms with Crippen LogP contribution in [0, 0.1) is 5.82 Å². The lowest BCUT2D eigenvalue weighted by molar-refractivity contribution is 0.355. The van der Waals surface area contributed by atoms with E-state index in [-0.39, 0.29) is 11.2 Å². The number of halogens is 1. The summed E-state index contributed by atoms with van der Waals surface area (Å²) in [5.74, 6) is 1.91. The number of hydrogen-bond acceptors (Lipinski definition) is 5. The number of nitrogens with one attached hydrogen (secondary N) is 1. The summed E-state index contributed by atoms with van der Waals surface area (Å²) in [7, 11) is 3.17. The molecule has 1 aliphatic rings. The fourth-order valence-electron chi connectivity index (χ4n) is 3.48. The number of aliphatic imine (C=N–C) groups is 2. The van der Waals surface area contributed by atoms with Crippen LogP contribution in [0.15, 0.2) is 70.6 Å². The van der Waals surface area contributed by atoms with E-state index in [2.05, 4.69) is 38.2 Å². The second kappa shape index (κ2) is 8.46. The lowest BCUT2D eigenvalue weighted by atomic mass is 9.86. The molecule has 0 radical (unpaired) electrons. The number of benzene rings is 3. The first-order valence-corrected chi connectivity index (χ1v) is 10.4. The number of nitrogens with zero attached hydrogens (tertiary/aromatic N) is 2. The topological polar surface area (TPSA) is 55.2 Å². The van der Waals surface area contributed by atoms with Crippen LogP contribution in [0.5, 0.6) is 11.5 Å². The van der Waals surface area contributed by atoms with E-state index < -0.39 is 0 Å². The third-order valence-corrected chi connectivity index (χ3v) is 5.32. The van der Waals surface area contributed by atoms with Crippen molar-refractivity contribution in [2.24, 2.45) is 9.98 Å². The molecule has 32 heavy (non-hydrogen) atoms. The Kier molecular flexibility index (Phi) is 5.70. The Morgan fingerprint density at radius 2 is 1.47 bits per heavy atom. The second-order valence-corrected chi connectivity index (χ2v) is 8.58. The minimum Gasteiger partial charge on any atom is -0.493 e. The fourth-order valence-corrected chi connectivity index (χ4v) is 3.48. The van der Waals surface area contributed by atoms with Crippen LogP contribution in [0.1, 0.15) is 37.5 Å². The summed E-state index contributed by atoms with van der Waals surface area (Å²) < 4.78 is 24.8. The zero-order valence-electron chi connectivity index (χ0n) is 18.9. The highest BCUT2D eigenvalue weighted by Crippen LogP contribution is 2.32. The monoisotopic (exact) mass is 431 g/mol. The quantitative estimate of drug-likeness (QED) is 0.544. The van der Waals surface area contributed by atoms with Gasteiger partial charge in [-0.15, -0.1) is 0 Å². The number of amidine groups is 2. The molecule has 0 spiro atoms. The van der Waals surface area contributed by atoms with E-state index in [1.165, 1.54) is 17.7 Å². The van der Waals surface area contributed by atoms with Gasteiger partial charge in [-0.1, -0.05) is 45.0 Å². The number of anilines is 1. The fraction of sp³-hybridized carbons (Fsp3) is 0.231. The third-order valence-electron chi connectivity index (χ3n) is 5.32. The van der Waals surface area contributed by atoms with E-state index in [0.29, 0.717) is 34.5 Å². The summed E-state index contributed by atoms with van der Waals surface area (Å²) in [5.41, 5.74) is 4.05. The van der Waals surface area contributed by atoms with Crippen LogP contribution >= 0.6 is 0 Å². The van der Waals surface area contributed by atoms with Gasteiger partial charge in [-0.2, -0.15) is 0 Å². The van der Waals surface area contributed by atoms with Crippen molar-refractivity contribution in [3.63, 3.8) is 0 Å². The van der Waals surface area contributed by atoms with Crippen LogP contribution in [0.3, 0.4) is 0 Å². The van der Waals surface area contributed by atoms with Crippen LogP contribution in [-0.4, -0.2) is 25.9 Å². The van der Waals surface area contributed by atoms with Crippen molar-refractivity contribution in [1.29, 1.82) is 0 Å². The van der Waals surface area contributed by atoms with E-state index in [1.807, 2.05) is 30.3 Å². The highest BCUT2D eigenvalue weighted by atomic mass is 19.1. The number of rotatable bonds is 4. The van der Waals surface area contributed by atoms with Crippen LogP contribution in [-0.2, 0) is 5.41 Å². The van der Waals surface area contributed by atoms with Gasteiger partial charge in [-0.05, 0) is 47.4 Å². The lowest BCUT2D eigenvalue weighted by Crippen LogP contribution is -2.15. The minimum atomic E-state index is -0.351. The van der Waals surface area contributed by atoms with E-state index >= 15 is 0 Å². The summed E-state index contributed by atoms with van der Waals surface area (Å²) in [6.07, 6.45) is 0. The molecule has 3 aromatic rings. The van der Waals surface area contributed by atoms with Crippen molar-refractivity contribution >= 4 is 23.0 Å². The molecule has 3 aromatic carbocycles. The molecule has 0 bridgehead atoms. The van der Waals surface area contributed by atoms with Crippen molar-refractivity contribution in [2.45, 2.75) is 26.2 Å². The number of fused-ring (bicyclic) bond motifs is 1. The summed E-state index contributed by atoms with van der Waals surface area (Å²) in [4.78, 5) is 9.56. The first-order valence-electron chi connectivity index (χ1n) is 10.4. The molecule has 4 rings (SSSR count). The number of ether oxygens (including phenoxy) is 2. The maximum absolute atomic E-state index is 14.0. The Morgan fingerprint density at radius 1 is 0.781 bits per heavy atom. The molecular weight excluding hydrogens is 405 g/mol. The number of hydrogen-bond donors (Lipinski definition) is 1. The molecule has 0 saturated heterocycles. The van der Waals surface area contributed by atoms with Gasteiger partial charge in [0.25, 0.3) is 0 Å². The SMILES string of the molecule is COc1ccc(C2=NC(c3ccc(C(C)(C)C)cc3)=Nc3ccc(F)cc3N2)cc1OC. The zero-order chi connectivity index (χ0) is 22.9. The Labute approximate surface area is 187 Å². The number of methoxy groups -OCH3 is 2. The highest BCUT2D eigenvalue weighted by molar-refractivity contribution is 6.19. The van der Waals surface area contributed by atoms with Gasteiger partial charge in [0.1, 0.15) is 11.7 Å². The van der Waals surface area contributed by atoms with Gasteiger partial charge >= 0.3 is 0 Å². The molecule has 0 saturated carbocycles. The summed E-state index contributed by atoms with van der Waals surface area (Å²) in [6.45, 7) is 6.52. The maximum Gasteiger partial charge on any atom is 0.162 e. The van der Waals surface area contributed by atoms with Crippen LogP contribution in [0.25, 0.3) is 0 Å². The molecule has 1 aliphatic heterocycles. The Bertz CT molecular complexity index is 1210. The first kappa shape index (κ1) is 21.6. The average Bonchev–Trinajstić information content (AvgIpc) is 2.97. The summed E-state index contributed by atoms with van der Waals surface area (Å²) in [6, 6.07) is 18.2. The molecule has 0 unspecified atom stereocenters. The predicted molar refractivity (Wildman–Crippen MR) is 127 cm³/mol. The molecule has 0 aliphatic carbocycles. The van der Waals surface area contributed by atoms with Crippen LogP contribution < -0.4 is 14.8 Å². The van der Waals surface area contributed by atoms with E-state index in [1.54, 1.807) is 20.3 Å². The normalized spacial score (nSPS) is 13.3. The average molecular weight is 432 g/mol. The summed E-state index contributed by atoms with van der Waals surface area (Å²) in [5, 5.41) is 3.24. The molecule has 1 N–H and O–H groups in total. The van der Waals surface area contributed by atoms with Crippen molar-refractivity contribution < 1.29 is 13.9 Å². The van der Waals surface area contributed by atoms with E-state index in [9.17, 15) is 4.39 Å². The van der Waals surface area contributed by atoms with Crippen LogP contribution in [0.4, 0.5) is 15.8 Å². The predicted octanol–water partition coefficient (Wildman–Crippen LogP) is 6.09. The summed E-state index contributed by atoms with van der Waals surface area (Å²) >= 11 is 0. The van der Waals surface area contributed by atoms with Gasteiger partial charge in [0.05, 0.1) is 25.6 Å². The second-order valence-electron chi connectivity index (χ2n) is 8.58. The van der Waals surface area contributed by atoms with Crippen molar-refractivity contribution in [2.75, 3.05) is 19.5 Å². The van der Waals surface area contributed by atoms with Gasteiger partial charge in [0, 0.05) is 11.1 Å². The molecule has 5 nitrogen and oxygen atoms in total. The van der Waals surface area contributed by atoms with E-state index in [4.69, 9.17) is 19.5 Å². The molecule has 0 amide bonds. The first-order chi connectivity index (χ1) is 15.3. The van der Waals surface area contributed by atoms with Gasteiger partial charge in [-0.3, -0.25) is 0 Å². The molecule has 0 aromatic heterocycles. The minimum absolute atomic E-state index is 0.0452. The molecule has 6 heteroatoms. The zero-order valence-corrected chi connectivity index (χ0v) is 18.9. The van der Waals surface area contributed by atoms with Crippen molar-refractivity contribution in [1.82, 2.24) is 0 Å². The van der Waals surface area contributed by atoms with Crippen LogP contribution in [0.2, 0.25) is 0 Å². The molecule has 164 valence electrons. The Balaban J connectivity index is 1.84. The van der Waals surface area contributed by atoms with E-state index in [0.717, 1.165) is 11.1 Å². The Hall–Kier alpha value is -3.67. The molecule has 1 heterocycles. The van der Waals surface area contributed by atoms with Crippen molar-refractivity contribution in [3.8, 4) is 11.5 Å². The Morgan fingerprint density at radius 3 is 2.12 bits per heavy atom. The smallest absolute Gasteiger partial charge is 0.162 e. The van der Waals surface area contributed by atoms with Crippen molar-refractivity contribution in [3.05, 3.63) is 83.2 Å². The van der Waals surface area contributed by atoms with Gasteiger partial charge in [-0.25, -0.2) is 14.4 Å². The van der Waals surface area contributed by atoms with Gasteiger partial charge in [0.15, 0.2) is 17.3 Å². The third kappa shape index (κ3) is 4.35. The molecular formula is C26H26FN3O2.